The Labute approximate surface area is 166 Å². The normalized spacial score (nSPS) is 20.5. The minimum Gasteiger partial charge on any atom is -0.351 e. The van der Waals surface area contributed by atoms with Crippen molar-refractivity contribution in [2.75, 3.05) is 39.3 Å². The van der Waals surface area contributed by atoms with Gasteiger partial charge in [-0.25, -0.2) is 4.39 Å². The van der Waals surface area contributed by atoms with E-state index in [1.54, 1.807) is 0 Å². The van der Waals surface area contributed by atoms with Crippen LogP contribution in [0, 0.1) is 5.82 Å². The van der Waals surface area contributed by atoms with Crippen LogP contribution >= 0.6 is 0 Å². The van der Waals surface area contributed by atoms with Crippen LogP contribution < -0.4 is 5.32 Å². The number of fused-ring (bicyclic) bond motifs is 1. The zero-order chi connectivity index (χ0) is 19.3. The predicted octanol–water partition coefficient (Wildman–Crippen LogP) is 3.25. The predicted molar refractivity (Wildman–Crippen MR) is 109 cm³/mol. The summed E-state index contributed by atoms with van der Waals surface area (Å²) in [5.41, 5.74) is 3.54. The van der Waals surface area contributed by atoms with Crippen molar-refractivity contribution in [3.05, 3.63) is 71.0 Å². The minimum atomic E-state index is -0.324. The number of nitrogens with one attached hydrogen (secondary N) is 1. The molecule has 0 saturated carbocycles. The molecule has 2 aromatic rings. The molecule has 1 aliphatic heterocycles. The molecule has 1 saturated heterocycles. The Morgan fingerprint density at radius 2 is 1.79 bits per heavy atom. The molecule has 4 nitrogen and oxygen atoms in total. The molecule has 148 valence electrons. The van der Waals surface area contributed by atoms with Gasteiger partial charge >= 0.3 is 0 Å². The molecule has 1 fully saturated rings. The molecule has 0 aromatic heterocycles. The van der Waals surface area contributed by atoms with Crippen LogP contribution in [0.15, 0.2) is 48.5 Å². The van der Waals surface area contributed by atoms with Crippen molar-refractivity contribution < 1.29 is 9.18 Å². The maximum absolute atomic E-state index is 13.0. The third-order valence-electron chi connectivity index (χ3n) is 6.01. The molecule has 2 aliphatic rings. The van der Waals surface area contributed by atoms with Crippen LogP contribution in [-0.4, -0.2) is 55.0 Å². The zero-order valence-corrected chi connectivity index (χ0v) is 16.2. The number of aryl methyl sites for hydroxylation is 1. The Morgan fingerprint density at radius 3 is 2.57 bits per heavy atom. The van der Waals surface area contributed by atoms with Gasteiger partial charge < -0.3 is 5.32 Å². The van der Waals surface area contributed by atoms with E-state index in [0.29, 0.717) is 18.2 Å². The standard InChI is InChI=1S/C23H28FN3O/c24-20-10-8-19(9-11-20)23(28)25-12-13-26-14-16-27(17-15-26)22-7-3-5-18-4-1-2-6-21(18)22/h1-2,4,6,8-11,22H,3,5,7,12-17H2,(H,25,28)/t22-/m0/s1. The van der Waals surface area contributed by atoms with Gasteiger partial charge in [0.25, 0.3) is 5.91 Å². The van der Waals surface area contributed by atoms with Crippen molar-refractivity contribution in [2.24, 2.45) is 0 Å². The molecular weight excluding hydrogens is 353 g/mol. The molecule has 0 spiro atoms. The minimum absolute atomic E-state index is 0.141. The van der Waals surface area contributed by atoms with Gasteiger partial charge in [-0.1, -0.05) is 24.3 Å². The summed E-state index contributed by atoms with van der Waals surface area (Å²) in [5, 5.41) is 2.94. The van der Waals surface area contributed by atoms with Crippen molar-refractivity contribution in [1.82, 2.24) is 15.1 Å². The molecule has 0 radical (unpaired) electrons. The van der Waals surface area contributed by atoms with Crippen molar-refractivity contribution in [1.29, 1.82) is 0 Å². The van der Waals surface area contributed by atoms with E-state index in [0.717, 1.165) is 32.7 Å². The summed E-state index contributed by atoms with van der Waals surface area (Å²) in [6.07, 6.45) is 3.74. The van der Waals surface area contributed by atoms with Gasteiger partial charge in [0.2, 0.25) is 0 Å². The molecule has 1 heterocycles. The SMILES string of the molecule is O=C(NCCN1CCN([C@H]2CCCc3ccccc32)CC1)c1ccc(F)cc1. The first-order chi connectivity index (χ1) is 13.7. The first-order valence-electron chi connectivity index (χ1n) is 10.3. The van der Waals surface area contributed by atoms with E-state index in [2.05, 4.69) is 39.4 Å². The average Bonchev–Trinajstić information content (AvgIpc) is 2.74. The topological polar surface area (TPSA) is 35.6 Å². The zero-order valence-electron chi connectivity index (χ0n) is 16.2. The van der Waals surface area contributed by atoms with Gasteiger partial charge in [0, 0.05) is 50.9 Å². The fraction of sp³-hybridized carbons (Fsp3) is 0.435. The van der Waals surface area contributed by atoms with Gasteiger partial charge in [-0.3, -0.25) is 14.6 Å². The van der Waals surface area contributed by atoms with E-state index in [-0.39, 0.29) is 11.7 Å². The molecule has 1 atom stereocenters. The van der Waals surface area contributed by atoms with Gasteiger partial charge in [0.05, 0.1) is 0 Å². The Morgan fingerprint density at radius 1 is 1.04 bits per heavy atom. The monoisotopic (exact) mass is 381 g/mol. The number of halogens is 1. The second-order valence-corrected chi connectivity index (χ2v) is 7.75. The van der Waals surface area contributed by atoms with Gasteiger partial charge in [0.1, 0.15) is 5.82 Å². The highest BCUT2D eigenvalue weighted by Crippen LogP contribution is 2.34. The number of hydrogen-bond acceptors (Lipinski definition) is 3. The van der Waals surface area contributed by atoms with Crippen molar-refractivity contribution in [3.8, 4) is 0 Å². The molecule has 2 aromatic carbocycles. The first kappa shape index (κ1) is 19.1. The number of hydrogen-bond donors (Lipinski definition) is 1. The van der Waals surface area contributed by atoms with Gasteiger partial charge in [0.15, 0.2) is 0 Å². The van der Waals surface area contributed by atoms with Crippen LogP contribution in [0.5, 0.6) is 0 Å². The summed E-state index contributed by atoms with van der Waals surface area (Å²) in [6.45, 7) is 5.68. The lowest BCUT2D eigenvalue weighted by Crippen LogP contribution is -2.49. The Hall–Kier alpha value is -2.24. The highest BCUT2D eigenvalue weighted by atomic mass is 19.1. The van der Waals surface area contributed by atoms with Crippen LogP contribution in [0.2, 0.25) is 0 Å². The average molecular weight is 381 g/mol. The van der Waals surface area contributed by atoms with Crippen molar-refractivity contribution >= 4 is 5.91 Å². The molecule has 0 bridgehead atoms. The number of carbonyl (C=O) groups is 1. The van der Waals surface area contributed by atoms with Crippen LogP contribution in [-0.2, 0) is 6.42 Å². The Balaban J connectivity index is 1.23. The summed E-state index contributed by atoms with van der Waals surface area (Å²) in [6, 6.07) is 15.1. The lowest BCUT2D eigenvalue weighted by molar-refractivity contribution is 0.0847. The molecule has 4 rings (SSSR count). The third-order valence-corrected chi connectivity index (χ3v) is 6.01. The van der Waals surface area contributed by atoms with Crippen LogP contribution in [0.4, 0.5) is 4.39 Å². The summed E-state index contributed by atoms with van der Waals surface area (Å²) < 4.78 is 13.0. The molecule has 1 aliphatic carbocycles. The quantitative estimate of drug-likeness (QED) is 0.864. The number of benzene rings is 2. The van der Waals surface area contributed by atoms with Gasteiger partial charge in [-0.2, -0.15) is 0 Å². The second-order valence-electron chi connectivity index (χ2n) is 7.75. The molecule has 1 amide bonds. The van der Waals surface area contributed by atoms with Crippen LogP contribution in [0.25, 0.3) is 0 Å². The molecule has 28 heavy (non-hydrogen) atoms. The number of piperazine rings is 1. The van der Waals surface area contributed by atoms with E-state index < -0.39 is 0 Å². The van der Waals surface area contributed by atoms with E-state index >= 15 is 0 Å². The van der Waals surface area contributed by atoms with Crippen LogP contribution in [0.3, 0.4) is 0 Å². The fourth-order valence-electron chi connectivity index (χ4n) is 4.44. The lowest BCUT2D eigenvalue weighted by Gasteiger charge is -2.41. The largest absolute Gasteiger partial charge is 0.351 e. The van der Waals surface area contributed by atoms with E-state index in [1.807, 2.05) is 0 Å². The van der Waals surface area contributed by atoms with E-state index in [4.69, 9.17) is 0 Å². The van der Waals surface area contributed by atoms with Crippen molar-refractivity contribution in [2.45, 2.75) is 25.3 Å². The molecular formula is C23H28FN3O. The maximum Gasteiger partial charge on any atom is 0.251 e. The smallest absolute Gasteiger partial charge is 0.251 e. The Kier molecular flexibility index (Phi) is 6.03. The van der Waals surface area contributed by atoms with Crippen LogP contribution in [0.1, 0.15) is 40.4 Å². The molecule has 5 heteroatoms. The Bertz CT molecular complexity index is 800. The first-order valence-corrected chi connectivity index (χ1v) is 10.3. The fourth-order valence-corrected chi connectivity index (χ4v) is 4.44. The third kappa shape index (κ3) is 4.42. The highest BCUT2D eigenvalue weighted by Gasteiger charge is 2.28. The van der Waals surface area contributed by atoms with E-state index in [1.165, 1.54) is 54.7 Å². The van der Waals surface area contributed by atoms with Gasteiger partial charge in [-0.05, 0) is 54.7 Å². The number of nitrogens with zero attached hydrogens (tertiary/aromatic N) is 2. The lowest BCUT2D eigenvalue weighted by atomic mass is 9.86. The van der Waals surface area contributed by atoms with Crippen molar-refractivity contribution in [3.63, 3.8) is 0 Å². The maximum atomic E-state index is 13.0. The highest BCUT2D eigenvalue weighted by molar-refractivity contribution is 5.94. The summed E-state index contributed by atoms with van der Waals surface area (Å²) in [4.78, 5) is 17.2. The second kappa shape index (κ2) is 8.84. The number of amides is 1. The molecule has 1 N–H and O–H groups in total. The van der Waals surface area contributed by atoms with E-state index in [9.17, 15) is 9.18 Å². The number of carbonyl (C=O) groups excluding carboxylic acids is 1. The van der Waals surface area contributed by atoms with Gasteiger partial charge in [-0.15, -0.1) is 0 Å². The summed E-state index contributed by atoms with van der Waals surface area (Å²) in [5.74, 6) is -0.465. The molecule has 0 unspecified atom stereocenters. The number of rotatable bonds is 5. The summed E-state index contributed by atoms with van der Waals surface area (Å²) in [7, 11) is 0. The summed E-state index contributed by atoms with van der Waals surface area (Å²) >= 11 is 0.